The highest BCUT2D eigenvalue weighted by molar-refractivity contribution is 7.98. The smallest absolute Gasteiger partial charge is 0.331 e. The van der Waals surface area contributed by atoms with Crippen LogP contribution >= 0.6 is 11.8 Å². The maximum Gasteiger partial charge on any atom is 0.331 e. The predicted molar refractivity (Wildman–Crippen MR) is 99.4 cm³/mol. The Morgan fingerprint density at radius 2 is 2.00 bits per heavy atom. The fourth-order valence-corrected chi connectivity index (χ4v) is 2.85. The zero-order valence-electron chi connectivity index (χ0n) is 14.1. The second kappa shape index (κ2) is 8.44. The first kappa shape index (κ1) is 17.9. The highest BCUT2D eigenvalue weighted by Crippen LogP contribution is 2.32. The standard InChI is InChI=1S/C19H17NO5S/c1-26-17-5-3-2-4-14(17)20-18(21)11-23-19(22)9-7-13-6-8-15-16(10-13)25-12-24-15/h2-10H,11-12H2,1H3,(H,20,21)/b9-7+. The molecule has 26 heavy (non-hydrogen) atoms. The monoisotopic (exact) mass is 371 g/mol. The number of hydrogen-bond acceptors (Lipinski definition) is 6. The van der Waals surface area contributed by atoms with Crippen LogP contribution in [0.5, 0.6) is 11.5 Å². The molecule has 1 aliphatic heterocycles. The third kappa shape index (κ3) is 4.58. The van der Waals surface area contributed by atoms with E-state index in [9.17, 15) is 9.59 Å². The first-order valence-corrected chi connectivity index (χ1v) is 9.05. The van der Waals surface area contributed by atoms with E-state index in [2.05, 4.69) is 5.32 Å². The second-order valence-electron chi connectivity index (χ2n) is 5.30. The summed E-state index contributed by atoms with van der Waals surface area (Å²) in [6.07, 6.45) is 4.78. The van der Waals surface area contributed by atoms with Crippen LogP contribution in [0.4, 0.5) is 5.69 Å². The molecule has 0 atom stereocenters. The average molecular weight is 371 g/mol. The lowest BCUT2D eigenvalue weighted by atomic mass is 10.2. The Morgan fingerprint density at radius 3 is 2.85 bits per heavy atom. The molecule has 2 aromatic rings. The number of nitrogens with one attached hydrogen (secondary N) is 1. The second-order valence-corrected chi connectivity index (χ2v) is 6.15. The number of carbonyl (C=O) groups is 2. The first-order chi connectivity index (χ1) is 12.7. The van der Waals surface area contributed by atoms with Gasteiger partial charge in [-0.2, -0.15) is 0 Å². The van der Waals surface area contributed by atoms with Crippen LogP contribution in [0.25, 0.3) is 6.08 Å². The molecule has 134 valence electrons. The van der Waals surface area contributed by atoms with Gasteiger partial charge in [-0.1, -0.05) is 18.2 Å². The maximum atomic E-state index is 11.9. The Balaban J connectivity index is 1.50. The molecule has 3 rings (SSSR count). The van der Waals surface area contributed by atoms with Crippen LogP contribution in [-0.2, 0) is 14.3 Å². The van der Waals surface area contributed by atoms with Gasteiger partial charge in [-0.15, -0.1) is 11.8 Å². The van der Waals surface area contributed by atoms with Gasteiger partial charge < -0.3 is 19.5 Å². The zero-order valence-corrected chi connectivity index (χ0v) is 14.9. The zero-order chi connectivity index (χ0) is 18.4. The lowest BCUT2D eigenvalue weighted by Gasteiger charge is -2.09. The van der Waals surface area contributed by atoms with E-state index in [4.69, 9.17) is 14.2 Å². The number of thioether (sulfide) groups is 1. The van der Waals surface area contributed by atoms with Gasteiger partial charge in [-0.05, 0) is 42.2 Å². The van der Waals surface area contributed by atoms with Crippen molar-refractivity contribution in [3.8, 4) is 11.5 Å². The van der Waals surface area contributed by atoms with Gasteiger partial charge in [0, 0.05) is 11.0 Å². The topological polar surface area (TPSA) is 73.9 Å². The average Bonchev–Trinajstić information content (AvgIpc) is 3.13. The van der Waals surface area contributed by atoms with Gasteiger partial charge in [0.15, 0.2) is 18.1 Å². The summed E-state index contributed by atoms with van der Waals surface area (Å²) in [5, 5.41) is 2.73. The summed E-state index contributed by atoms with van der Waals surface area (Å²) in [4.78, 5) is 24.7. The summed E-state index contributed by atoms with van der Waals surface area (Å²) in [5.74, 6) is 0.312. The fourth-order valence-electron chi connectivity index (χ4n) is 2.30. The van der Waals surface area contributed by atoms with Gasteiger partial charge in [0.05, 0.1) is 5.69 Å². The Kier molecular flexibility index (Phi) is 5.80. The molecule has 1 amide bonds. The largest absolute Gasteiger partial charge is 0.454 e. The van der Waals surface area contributed by atoms with Gasteiger partial charge in [-0.3, -0.25) is 4.79 Å². The van der Waals surface area contributed by atoms with Crippen LogP contribution in [0.3, 0.4) is 0 Å². The Hall–Kier alpha value is -2.93. The molecule has 0 spiro atoms. The van der Waals surface area contributed by atoms with Crippen molar-refractivity contribution >= 4 is 35.4 Å². The summed E-state index contributed by atoms with van der Waals surface area (Å²) in [6, 6.07) is 12.7. The summed E-state index contributed by atoms with van der Waals surface area (Å²) >= 11 is 1.52. The lowest BCUT2D eigenvalue weighted by molar-refractivity contribution is -0.142. The number of carbonyl (C=O) groups excluding carboxylic acids is 2. The van der Waals surface area contributed by atoms with Crippen molar-refractivity contribution in [2.24, 2.45) is 0 Å². The third-order valence-corrected chi connectivity index (χ3v) is 4.33. The van der Waals surface area contributed by atoms with Crippen LogP contribution in [0, 0.1) is 0 Å². The number of anilines is 1. The molecule has 0 saturated heterocycles. The molecule has 0 unspecified atom stereocenters. The van der Waals surface area contributed by atoms with Crippen molar-refractivity contribution < 1.29 is 23.8 Å². The van der Waals surface area contributed by atoms with Gasteiger partial charge in [0.25, 0.3) is 5.91 Å². The molecule has 1 aliphatic rings. The van der Waals surface area contributed by atoms with Crippen molar-refractivity contribution in [1.82, 2.24) is 0 Å². The maximum absolute atomic E-state index is 11.9. The van der Waals surface area contributed by atoms with E-state index in [1.807, 2.05) is 24.5 Å². The Labute approximate surface area is 155 Å². The summed E-state index contributed by atoms with van der Waals surface area (Å²) < 4.78 is 15.5. The van der Waals surface area contributed by atoms with E-state index in [0.29, 0.717) is 17.2 Å². The molecule has 0 fully saturated rings. The lowest BCUT2D eigenvalue weighted by Crippen LogP contribution is -2.20. The molecule has 0 aromatic heterocycles. The number of fused-ring (bicyclic) bond motifs is 1. The number of para-hydroxylation sites is 1. The quantitative estimate of drug-likeness (QED) is 0.477. The molecule has 7 heteroatoms. The SMILES string of the molecule is CSc1ccccc1NC(=O)COC(=O)/C=C/c1ccc2c(c1)OCO2. The summed E-state index contributed by atoms with van der Waals surface area (Å²) in [5.41, 5.74) is 1.46. The number of esters is 1. The number of benzene rings is 2. The van der Waals surface area contributed by atoms with Crippen LogP contribution in [0.15, 0.2) is 53.4 Å². The van der Waals surface area contributed by atoms with Crippen LogP contribution in [0.2, 0.25) is 0 Å². The van der Waals surface area contributed by atoms with Crippen molar-refractivity contribution in [3.63, 3.8) is 0 Å². The van der Waals surface area contributed by atoms with Crippen LogP contribution in [-0.4, -0.2) is 31.5 Å². The molecule has 0 bridgehead atoms. The number of ether oxygens (including phenoxy) is 3. The Morgan fingerprint density at radius 1 is 1.19 bits per heavy atom. The van der Waals surface area contributed by atoms with E-state index in [1.165, 1.54) is 17.8 Å². The minimum Gasteiger partial charge on any atom is -0.454 e. The highest BCUT2D eigenvalue weighted by Gasteiger charge is 2.12. The number of amides is 1. The Bertz CT molecular complexity index is 850. The molecular formula is C19H17NO5S. The van der Waals surface area contributed by atoms with Crippen molar-refractivity contribution in [2.75, 3.05) is 25.0 Å². The molecule has 0 radical (unpaired) electrons. The molecule has 6 nitrogen and oxygen atoms in total. The molecule has 0 aliphatic carbocycles. The van der Waals surface area contributed by atoms with E-state index in [-0.39, 0.29) is 13.4 Å². The van der Waals surface area contributed by atoms with Crippen molar-refractivity contribution in [3.05, 3.63) is 54.1 Å². The molecular weight excluding hydrogens is 354 g/mol. The normalized spacial score (nSPS) is 12.2. The van der Waals surface area contributed by atoms with E-state index >= 15 is 0 Å². The van der Waals surface area contributed by atoms with Gasteiger partial charge in [-0.25, -0.2) is 4.79 Å². The third-order valence-electron chi connectivity index (χ3n) is 3.54. The molecule has 1 N–H and O–H groups in total. The van der Waals surface area contributed by atoms with Crippen LogP contribution in [0.1, 0.15) is 5.56 Å². The van der Waals surface area contributed by atoms with E-state index in [1.54, 1.807) is 30.3 Å². The summed E-state index contributed by atoms with van der Waals surface area (Å²) in [6.45, 7) is -0.160. The minimum absolute atomic E-state index is 0.194. The van der Waals surface area contributed by atoms with E-state index < -0.39 is 11.9 Å². The minimum atomic E-state index is -0.601. The van der Waals surface area contributed by atoms with Gasteiger partial charge in [0.1, 0.15) is 0 Å². The van der Waals surface area contributed by atoms with Gasteiger partial charge in [0.2, 0.25) is 6.79 Å². The number of hydrogen-bond donors (Lipinski definition) is 1. The van der Waals surface area contributed by atoms with Crippen molar-refractivity contribution in [1.29, 1.82) is 0 Å². The predicted octanol–water partition coefficient (Wildman–Crippen LogP) is 3.33. The molecule has 2 aromatic carbocycles. The van der Waals surface area contributed by atoms with Crippen LogP contribution < -0.4 is 14.8 Å². The summed E-state index contributed by atoms with van der Waals surface area (Å²) in [7, 11) is 0. The molecule has 1 heterocycles. The van der Waals surface area contributed by atoms with Crippen molar-refractivity contribution in [2.45, 2.75) is 4.90 Å². The van der Waals surface area contributed by atoms with Gasteiger partial charge >= 0.3 is 5.97 Å². The highest BCUT2D eigenvalue weighted by atomic mass is 32.2. The number of rotatable bonds is 6. The van der Waals surface area contributed by atoms with E-state index in [0.717, 1.165) is 10.5 Å². The molecule has 0 saturated carbocycles. The fraction of sp³-hybridized carbons (Fsp3) is 0.158. The first-order valence-electron chi connectivity index (χ1n) is 7.83.